The highest BCUT2D eigenvalue weighted by Crippen LogP contribution is 2.31. The largest absolute Gasteiger partial charge is 0.318 e. The molecule has 32 heavy (non-hydrogen) atoms. The SMILES string of the molecule is CCCCCC1=NN2C(=N)/C(=C\c3cc(C)n(-c4ccc(C)cc4C)c3C)C(=O)N=C2S1. The van der Waals surface area contributed by atoms with E-state index < -0.39 is 0 Å². The minimum atomic E-state index is -0.380. The van der Waals surface area contributed by atoms with Crippen molar-refractivity contribution in [3.05, 3.63) is 57.9 Å². The molecule has 7 heteroatoms. The summed E-state index contributed by atoms with van der Waals surface area (Å²) >= 11 is 1.40. The normalized spacial score (nSPS) is 17.2. The molecule has 0 radical (unpaired) electrons. The van der Waals surface area contributed by atoms with Crippen molar-refractivity contribution in [2.75, 3.05) is 0 Å². The zero-order chi connectivity index (χ0) is 23.0. The zero-order valence-electron chi connectivity index (χ0n) is 19.3. The van der Waals surface area contributed by atoms with Crippen LogP contribution in [-0.2, 0) is 4.79 Å². The van der Waals surface area contributed by atoms with E-state index in [1.54, 1.807) is 6.08 Å². The highest BCUT2D eigenvalue weighted by Gasteiger charge is 2.35. The number of unbranched alkanes of at least 4 members (excludes halogenated alkanes) is 2. The predicted molar refractivity (Wildman–Crippen MR) is 134 cm³/mol. The van der Waals surface area contributed by atoms with Crippen molar-refractivity contribution >= 4 is 39.8 Å². The number of rotatable bonds is 6. The number of carbonyl (C=O) groups is 1. The first-order chi connectivity index (χ1) is 15.3. The summed E-state index contributed by atoms with van der Waals surface area (Å²) in [5.74, 6) is -0.288. The van der Waals surface area contributed by atoms with Gasteiger partial charge in [-0.25, -0.2) is 0 Å². The molecule has 2 aromatic rings. The number of aliphatic imine (C=N–C) groups is 1. The summed E-state index contributed by atoms with van der Waals surface area (Å²) < 4.78 is 2.20. The van der Waals surface area contributed by atoms with Gasteiger partial charge in [-0.3, -0.25) is 10.2 Å². The molecular weight excluding hydrogens is 418 g/mol. The number of nitrogens with zero attached hydrogens (tertiary/aromatic N) is 4. The van der Waals surface area contributed by atoms with Gasteiger partial charge in [0.15, 0.2) is 5.84 Å². The van der Waals surface area contributed by atoms with Crippen molar-refractivity contribution < 1.29 is 4.79 Å². The number of aromatic nitrogens is 1. The molecule has 3 heterocycles. The highest BCUT2D eigenvalue weighted by molar-refractivity contribution is 8.26. The van der Waals surface area contributed by atoms with Crippen molar-refractivity contribution in [2.24, 2.45) is 10.1 Å². The fourth-order valence-corrected chi connectivity index (χ4v) is 5.10. The summed E-state index contributed by atoms with van der Waals surface area (Å²) in [6.07, 6.45) is 5.97. The molecule has 2 aliphatic rings. The Morgan fingerprint density at radius 2 is 1.91 bits per heavy atom. The summed E-state index contributed by atoms with van der Waals surface area (Å²) in [6.45, 7) is 10.5. The van der Waals surface area contributed by atoms with E-state index in [1.165, 1.54) is 27.9 Å². The predicted octanol–water partition coefficient (Wildman–Crippen LogP) is 5.91. The lowest BCUT2D eigenvalue weighted by atomic mass is 10.1. The van der Waals surface area contributed by atoms with Crippen LogP contribution >= 0.6 is 11.8 Å². The number of amidine groups is 2. The maximum atomic E-state index is 12.8. The summed E-state index contributed by atoms with van der Waals surface area (Å²) in [5, 5.41) is 16.1. The molecular formula is C25H29N5OS. The van der Waals surface area contributed by atoms with Crippen LogP contribution in [0.25, 0.3) is 11.8 Å². The molecule has 6 nitrogen and oxygen atoms in total. The second-order valence-electron chi connectivity index (χ2n) is 8.42. The van der Waals surface area contributed by atoms with Gasteiger partial charge in [0.2, 0.25) is 5.17 Å². The Bertz CT molecular complexity index is 1200. The molecule has 1 amide bonds. The fourth-order valence-electron chi connectivity index (χ4n) is 4.18. The molecule has 0 saturated carbocycles. The highest BCUT2D eigenvalue weighted by atomic mass is 32.2. The first-order valence-corrected chi connectivity index (χ1v) is 11.9. The Morgan fingerprint density at radius 1 is 1.12 bits per heavy atom. The van der Waals surface area contributed by atoms with Crippen LogP contribution in [0.1, 0.15) is 60.7 Å². The van der Waals surface area contributed by atoms with Crippen molar-refractivity contribution in [2.45, 2.75) is 60.3 Å². The van der Waals surface area contributed by atoms with Crippen molar-refractivity contribution in [1.82, 2.24) is 9.58 Å². The van der Waals surface area contributed by atoms with Gasteiger partial charge in [0.05, 0.1) is 5.57 Å². The number of hydrogen-bond donors (Lipinski definition) is 1. The summed E-state index contributed by atoms with van der Waals surface area (Å²) in [6, 6.07) is 8.46. The number of hydrogen-bond acceptors (Lipinski definition) is 4. The number of thioether (sulfide) groups is 1. The number of carbonyl (C=O) groups excluding carboxylic acids is 1. The van der Waals surface area contributed by atoms with Crippen LogP contribution in [0.5, 0.6) is 0 Å². The third-order valence-electron chi connectivity index (χ3n) is 5.85. The average Bonchev–Trinajstić information content (AvgIpc) is 3.26. The molecule has 0 fully saturated rings. The van der Waals surface area contributed by atoms with E-state index in [0.29, 0.717) is 5.17 Å². The molecule has 0 bridgehead atoms. The van der Waals surface area contributed by atoms with Gasteiger partial charge in [0.1, 0.15) is 5.04 Å². The van der Waals surface area contributed by atoms with E-state index in [1.807, 2.05) is 6.92 Å². The van der Waals surface area contributed by atoms with Gasteiger partial charge in [-0.1, -0.05) is 37.5 Å². The van der Waals surface area contributed by atoms with Crippen LogP contribution in [0.15, 0.2) is 39.9 Å². The number of benzene rings is 1. The lowest BCUT2D eigenvalue weighted by Gasteiger charge is -2.20. The quantitative estimate of drug-likeness (QED) is 0.442. The summed E-state index contributed by atoms with van der Waals surface area (Å²) in [4.78, 5) is 17.0. The van der Waals surface area contributed by atoms with Crippen LogP contribution in [-0.4, -0.2) is 31.5 Å². The second kappa shape index (κ2) is 8.90. The maximum absolute atomic E-state index is 12.8. The lowest BCUT2D eigenvalue weighted by Crippen LogP contribution is -2.35. The lowest BCUT2D eigenvalue weighted by molar-refractivity contribution is -0.114. The number of amides is 1. The fraction of sp³-hybridized carbons (Fsp3) is 0.360. The monoisotopic (exact) mass is 447 g/mol. The topological polar surface area (TPSA) is 73.8 Å². The van der Waals surface area contributed by atoms with Crippen molar-refractivity contribution in [3.63, 3.8) is 0 Å². The van der Waals surface area contributed by atoms with Gasteiger partial charge in [0.25, 0.3) is 5.91 Å². The number of hydrazone groups is 1. The van der Waals surface area contributed by atoms with Gasteiger partial charge in [-0.2, -0.15) is 15.1 Å². The first-order valence-electron chi connectivity index (χ1n) is 11.1. The summed E-state index contributed by atoms with van der Waals surface area (Å²) in [5.41, 5.74) is 6.83. The molecule has 1 aromatic heterocycles. The molecule has 2 aliphatic heterocycles. The average molecular weight is 448 g/mol. The van der Waals surface area contributed by atoms with Gasteiger partial charge in [0, 0.05) is 17.1 Å². The van der Waals surface area contributed by atoms with Crippen LogP contribution < -0.4 is 0 Å². The molecule has 1 aromatic carbocycles. The van der Waals surface area contributed by atoms with E-state index in [9.17, 15) is 4.79 Å². The molecule has 0 unspecified atom stereocenters. The van der Waals surface area contributed by atoms with E-state index in [2.05, 4.69) is 66.6 Å². The van der Waals surface area contributed by atoms with Crippen LogP contribution in [0.4, 0.5) is 0 Å². The van der Waals surface area contributed by atoms with Gasteiger partial charge in [-0.15, -0.1) is 0 Å². The van der Waals surface area contributed by atoms with Crippen LogP contribution in [0.2, 0.25) is 0 Å². The second-order valence-corrected chi connectivity index (χ2v) is 9.46. The number of fused-ring (bicyclic) bond motifs is 1. The molecule has 0 aliphatic carbocycles. The number of nitrogens with one attached hydrogen (secondary N) is 1. The molecule has 0 spiro atoms. The van der Waals surface area contributed by atoms with E-state index >= 15 is 0 Å². The first kappa shape index (κ1) is 22.3. The Labute approximate surface area is 193 Å². The minimum Gasteiger partial charge on any atom is -0.318 e. The van der Waals surface area contributed by atoms with E-state index in [-0.39, 0.29) is 17.3 Å². The zero-order valence-corrected chi connectivity index (χ0v) is 20.1. The smallest absolute Gasteiger partial charge is 0.283 e. The third-order valence-corrected chi connectivity index (χ3v) is 6.82. The molecule has 166 valence electrons. The van der Waals surface area contributed by atoms with Crippen LogP contribution in [0, 0.1) is 33.1 Å². The molecule has 0 saturated heterocycles. The molecule has 4 rings (SSSR count). The van der Waals surface area contributed by atoms with E-state index in [0.717, 1.165) is 53.4 Å². The third kappa shape index (κ3) is 4.09. The van der Waals surface area contributed by atoms with Crippen molar-refractivity contribution in [3.8, 4) is 5.69 Å². The van der Waals surface area contributed by atoms with Crippen LogP contribution in [0.3, 0.4) is 0 Å². The summed E-state index contributed by atoms with van der Waals surface area (Å²) in [7, 11) is 0. The molecule has 0 atom stereocenters. The van der Waals surface area contributed by atoms with E-state index in [4.69, 9.17) is 5.41 Å². The van der Waals surface area contributed by atoms with Crippen molar-refractivity contribution in [1.29, 1.82) is 5.41 Å². The number of aryl methyl sites for hydroxylation is 3. The molecule has 1 N–H and O–H groups in total. The Balaban J connectivity index is 1.66. The Hall–Kier alpha value is -2.93. The standard InChI is InChI=1S/C25H29N5OS/c1-6-7-8-9-22-28-30-23(26)20(24(31)27-25(30)32-22)14-19-13-17(4)29(18(19)5)21-11-10-15(2)12-16(21)3/h10-14,26H,6-9H2,1-5H3/b20-14+,26-23?. The minimum absolute atomic E-state index is 0.0920. The Morgan fingerprint density at radius 3 is 2.62 bits per heavy atom. The maximum Gasteiger partial charge on any atom is 0.283 e. The van der Waals surface area contributed by atoms with Gasteiger partial charge < -0.3 is 4.57 Å². The Kier molecular flexibility index (Phi) is 6.20. The van der Waals surface area contributed by atoms with Gasteiger partial charge >= 0.3 is 0 Å². The van der Waals surface area contributed by atoms with Gasteiger partial charge in [-0.05, 0) is 81.6 Å².